The summed E-state index contributed by atoms with van der Waals surface area (Å²) in [5.74, 6) is 0.172. The summed E-state index contributed by atoms with van der Waals surface area (Å²) in [6, 6.07) is 0.192. The molecular formula is C12H16N4O2S. The van der Waals surface area contributed by atoms with Crippen LogP contribution in [0.25, 0.3) is 0 Å². The summed E-state index contributed by atoms with van der Waals surface area (Å²) in [5, 5.41) is 2.54. The van der Waals surface area contributed by atoms with E-state index in [4.69, 9.17) is 5.73 Å². The molecule has 0 aromatic carbocycles. The number of piperazine rings is 1. The van der Waals surface area contributed by atoms with E-state index in [1.54, 1.807) is 10.3 Å². The number of thiazole rings is 1. The molecule has 7 heteroatoms. The van der Waals surface area contributed by atoms with Crippen molar-refractivity contribution in [1.29, 1.82) is 0 Å². The molecule has 2 aliphatic rings. The molecule has 2 fully saturated rings. The Morgan fingerprint density at radius 1 is 1.53 bits per heavy atom. The van der Waals surface area contributed by atoms with E-state index in [9.17, 15) is 9.59 Å². The first-order valence-electron chi connectivity index (χ1n) is 6.42. The number of amides is 2. The summed E-state index contributed by atoms with van der Waals surface area (Å²) in [6.07, 6.45) is 1.47. The molecule has 0 radical (unpaired) electrons. The highest BCUT2D eigenvalue weighted by Crippen LogP contribution is 2.24. The number of nitrogens with two attached hydrogens (primary N) is 1. The second-order valence-electron chi connectivity index (χ2n) is 4.86. The fourth-order valence-corrected chi connectivity index (χ4v) is 3.36. The number of carbonyl (C=O) groups is 2. The molecule has 0 aliphatic carbocycles. The van der Waals surface area contributed by atoms with Gasteiger partial charge in [-0.25, -0.2) is 4.98 Å². The van der Waals surface area contributed by atoms with E-state index >= 15 is 0 Å². The van der Waals surface area contributed by atoms with Crippen LogP contribution in [0.15, 0.2) is 5.38 Å². The lowest BCUT2D eigenvalue weighted by Gasteiger charge is -2.37. The Bertz CT molecular complexity index is 516. The summed E-state index contributed by atoms with van der Waals surface area (Å²) in [4.78, 5) is 31.8. The van der Waals surface area contributed by atoms with Gasteiger partial charge < -0.3 is 15.5 Å². The zero-order chi connectivity index (χ0) is 13.4. The molecule has 102 valence electrons. The number of nitrogens with zero attached hydrogens (tertiary/aromatic N) is 3. The van der Waals surface area contributed by atoms with Gasteiger partial charge in [0, 0.05) is 44.0 Å². The predicted octanol–water partition coefficient (Wildman–Crippen LogP) is 0.0486. The number of aromatic nitrogens is 1. The largest absolute Gasteiger partial charge is 0.336 e. The van der Waals surface area contributed by atoms with Crippen molar-refractivity contribution in [2.45, 2.75) is 25.4 Å². The van der Waals surface area contributed by atoms with Gasteiger partial charge in [-0.1, -0.05) is 0 Å². The Labute approximate surface area is 115 Å². The lowest BCUT2D eigenvalue weighted by atomic mass is 10.1. The fraction of sp³-hybridized carbons (Fsp3) is 0.583. The van der Waals surface area contributed by atoms with Crippen molar-refractivity contribution in [3.8, 4) is 0 Å². The summed E-state index contributed by atoms with van der Waals surface area (Å²) in [6.45, 7) is 2.22. The molecule has 1 aromatic rings. The molecule has 0 spiro atoms. The van der Waals surface area contributed by atoms with Crippen LogP contribution < -0.4 is 5.73 Å². The average molecular weight is 280 g/mol. The molecule has 3 rings (SSSR count). The minimum absolute atomic E-state index is 0.0463. The maximum absolute atomic E-state index is 12.3. The minimum atomic E-state index is -0.0463. The molecule has 1 atom stereocenters. The molecule has 6 nitrogen and oxygen atoms in total. The van der Waals surface area contributed by atoms with Crippen molar-refractivity contribution in [3.63, 3.8) is 0 Å². The summed E-state index contributed by atoms with van der Waals surface area (Å²) >= 11 is 1.41. The second-order valence-corrected chi connectivity index (χ2v) is 5.80. The van der Waals surface area contributed by atoms with E-state index in [1.807, 2.05) is 4.90 Å². The van der Waals surface area contributed by atoms with E-state index in [-0.39, 0.29) is 17.9 Å². The van der Waals surface area contributed by atoms with Gasteiger partial charge in [-0.05, 0) is 6.42 Å². The topological polar surface area (TPSA) is 79.5 Å². The van der Waals surface area contributed by atoms with E-state index in [2.05, 4.69) is 4.98 Å². The molecule has 0 saturated carbocycles. The maximum atomic E-state index is 12.3. The second kappa shape index (κ2) is 4.90. The van der Waals surface area contributed by atoms with Crippen molar-refractivity contribution in [1.82, 2.24) is 14.8 Å². The Morgan fingerprint density at radius 3 is 3.11 bits per heavy atom. The Hall–Kier alpha value is -1.47. The first-order chi connectivity index (χ1) is 9.19. The number of hydrogen-bond acceptors (Lipinski definition) is 5. The maximum Gasteiger partial charge on any atom is 0.273 e. The Kier molecular flexibility index (Phi) is 3.24. The van der Waals surface area contributed by atoms with Gasteiger partial charge in [-0.3, -0.25) is 9.59 Å². The van der Waals surface area contributed by atoms with Crippen molar-refractivity contribution < 1.29 is 9.59 Å². The van der Waals surface area contributed by atoms with Gasteiger partial charge in [-0.2, -0.15) is 0 Å². The number of carbonyl (C=O) groups excluding carboxylic acids is 2. The van der Waals surface area contributed by atoms with Crippen LogP contribution in [0, 0.1) is 0 Å². The van der Waals surface area contributed by atoms with Crippen LogP contribution in [-0.4, -0.2) is 52.3 Å². The van der Waals surface area contributed by atoms with Crippen molar-refractivity contribution in [2.24, 2.45) is 5.73 Å². The van der Waals surface area contributed by atoms with E-state index in [0.29, 0.717) is 38.3 Å². The van der Waals surface area contributed by atoms with Crippen molar-refractivity contribution >= 4 is 23.2 Å². The van der Waals surface area contributed by atoms with Gasteiger partial charge in [0.1, 0.15) is 10.7 Å². The Morgan fingerprint density at radius 2 is 2.37 bits per heavy atom. The van der Waals surface area contributed by atoms with E-state index in [0.717, 1.165) is 11.4 Å². The lowest BCUT2D eigenvalue weighted by Crippen LogP contribution is -2.53. The fourth-order valence-electron chi connectivity index (χ4n) is 2.71. The average Bonchev–Trinajstić information content (AvgIpc) is 3.05. The zero-order valence-electron chi connectivity index (χ0n) is 10.5. The molecule has 3 heterocycles. The normalized spacial score (nSPS) is 22.8. The monoisotopic (exact) mass is 280 g/mol. The number of hydrogen-bond donors (Lipinski definition) is 1. The Balaban J connectivity index is 1.70. The van der Waals surface area contributed by atoms with Crippen LogP contribution in [0.1, 0.15) is 28.3 Å². The van der Waals surface area contributed by atoms with Crippen molar-refractivity contribution in [2.75, 3.05) is 19.6 Å². The van der Waals surface area contributed by atoms with Gasteiger partial charge in [0.2, 0.25) is 5.91 Å². The molecular weight excluding hydrogens is 264 g/mol. The quantitative estimate of drug-likeness (QED) is 0.830. The summed E-state index contributed by atoms with van der Waals surface area (Å²) in [5.41, 5.74) is 5.98. The van der Waals surface area contributed by atoms with Gasteiger partial charge >= 0.3 is 0 Å². The highest BCUT2D eigenvalue weighted by Gasteiger charge is 2.37. The van der Waals surface area contributed by atoms with Gasteiger partial charge in [0.05, 0.1) is 0 Å². The van der Waals surface area contributed by atoms with Gasteiger partial charge in [0.15, 0.2) is 0 Å². The number of rotatable bonds is 2. The third-order valence-electron chi connectivity index (χ3n) is 3.73. The molecule has 1 aromatic heterocycles. The highest BCUT2D eigenvalue weighted by molar-refractivity contribution is 7.09. The molecule has 2 saturated heterocycles. The molecule has 19 heavy (non-hydrogen) atoms. The molecule has 2 aliphatic heterocycles. The van der Waals surface area contributed by atoms with Crippen LogP contribution in [0.5, 0.6) is 0 Å². The lowest BCUT2D eigenvalue weighted by molar-refractivity contribution is -0.130. The number of fused-ring (bicyclic) bond motifs is 1. The minimum Gasteiger partial charge on any atom is -0.336 e. The van der Waals surface area contributed by atoms with Crippen LogP contribution in [0.2, 0.25) is 0 Å². The molecule has 1 unspecified atom stereocenters. The van der Waals surface area contributed by atoms with Crippen LogP contribution in [0.4, 0.5) is 0 Å². The third-order valence-corrected chi connectivity index (χ3v) is 4.60. The zero-order valence-corrected chi connectivity index (χ0v) is 11.4. The smallest absolute Gasteiger partial charge is 0.273 e. The van der Waals surface area contributed by atoms with E-state index < -0.39 is 0 Å². The summed E-state index contributed by atoms with van der Waals surface area (Å²) < 4.78 is 0. The molecule has 0 bridgehead atoms. The third kappa shape index (κ3) is 2.23. The van der Waals surface area contributed by atoms with Gasteiger partial charge in [-0.15, -0.1) is 11.3 Å². The van der Waals surface area contributed by atoms with Crippen LogP contribution >= 0.6 is 11.3 Å². The van der Waals surface area contributed by atoms with Gasteiger partial charge in [0.25, 0.3) is 5.91 Å². The van der Waals surface area contributed by atoms with Crippen LogP contribution in [-0.2, 0) is 11.3 Å². The SMILES string of the molecule is NCc1nc(C(=O)N2CCN3C(=O)CCC3C2)cs1. The standard InChI is InChI=1S/C12H16N4O2S/c13-5-10-14-9(7-19-10)12(18)15-3-4-16-8(6-15)1-2-11(16)17/h7-8H,1-6,13H2. The summed E-state index contributed by atoms with van der Waals surface area (Å²) in [7, 11) is 0. The van der Waals surface area contributed by atoms with Crippen LogP contribution in [0.3, 0.4) is 0 Å². The molecule has 2 N–H and O–H groups in total. The van der Waals surface area contributed by atoms with Crippen molar-refractivity contribution in [3.05, 3.63) is 16.1 Å². The predicted molar refractivity (Wildman–Crippen MR) is 70.6 cm³/mol. The van der Waals surface area contributed by atoms with E-state index in [1.165, 1.54) is 11.3 Å². The first kappa shape index (κ1) is 12.6. The molecule has 2 amide bonds. The highest BCUT2D eigenvalue weighted by atomic mass is 32.1. The first-order valence-corrected chi connectivity index (χ1v) is 7.30.